The van der Waals surface area contributed by atoms with Gasteiger partial charge in [-0.3, -0.25) is 4.79 Å². The van der Waals surface area contributed by atoms with Crippen molar-refractivity contribution in [3.8, 4) is 5.75 Å². The smallest absolute Gasteiger partial charge is 0.407 e. The summed E-state index contributed by atoms with van der Waals surface area (Å²) in [5.74, 6) is 0.532. The number of hydrogen-bond donors (Lipinski definition) is 2. The number of halogens is 1. The third kappa shape index (κ3) is 5.61. The van der Waals surface area contributed by atoms with E-state index in [0.717, 1.165) is 10.9 Å². The van der Waals surface area contributed by atoms with Gasteiger partial charge in [0.1, 0.15) is 18.0 Å². The summed E-state index contributed by atoms with van der Waals surface area (Å²) in [4.78, 5) is 25.8. The number of alkyl carbamates (subject to hydrolysis) is 1. The quantitative estimate of drug-likeness (QED) is 0.852. The van der Waals surface area contributed by atoms with Crippen molar-refractivity contribution < 1.29 is 18.7 Å². The first kappa shape index (κ1) is 19.5. The summed E-state index contributed by atoms with van der Waals surface area (Å²) < 4.78 is 23.7. The number of rotatable bonds is 5. The number of pyridine rings is 1. The van der Waals surface area contributed by atoms with E-state index in [1.807, 2.05) is 6.92 Å². The number of benzene rings is 1. The Morgan fingerprint density at radius 3 is 2.69 bits per heavy atom. The highest BCUT2D eigenvalue weighted by atomic mass is 19.1. The molecule has 2 aromatic rings. The Balaban J connectivity index is 1.97. The summed E-state index contributed by atoms with van der Waals surface area (Å²) >= 11 is 0. The second-order valence-electron chi connectivity index (χ2n) is 6.94. The molecule has 0 bridgehead atoms. The zero-order valence-electron chi connectivity index (χ0n) is 15.3. The molecule has 0 atom stereocenters. The molecule has 0 saturated carbocycles. The fourth-order valence-corrected chi connectivity index (χ4v) is 2.29. The van der Waals surface area contributed by atoms with Crippen molar-refractivity contribution in [1.82, 2.24) is 10.3 Å². The molecule has 1 aromatic heterocycles. The highest BCUT2D eigenvalue weighted by molar-refractivity contribution is 5.83. The van der Waals surface area contributed by atoms with Gasteiger partial charge < -0.3 is 19.8 Å². The van der Waals surface area contributed by atoms with Crippen molar-refractivity contribution in [1.29, 1.82) is 0 Å². The van der Waals surface area contributed by atoms with Gasteiger partial charge in [-0.05, 0) is 51.5 Å². The van der Waals surface area contributed by atoms with Gasteiger partial charge in [-0.1, -0.05) is 0 Å². The van der Waals surface area contributed by atoms with Gasteiger partial charge >= 0.3 is 6.09 Å². The highest BCUT2D eigenvalue weighted by Gasteiger charge is 2.16. The van der Waals surface area contributed by atoms with Gasteiger partial charge in [-0.15, -0.1) is 0 Å². The molecule has 140 valence electrons. The molecule has 0 aliphatic carbocycles. The Hall–Kier alpha value is -2.83. The van der Waals surface area contributed by atoms with E-state index in [2.05, 4.69) is 10.3 Å². The van der Waals surface area contributed by atoms with Crippen LogP contribution in [0, 0.1) is 6.92 Å². The molecule has 0 aliphatic heterocycles. The number of amides is 1. The first-order chi connectivity index (χ1) is 12.2. The van der Waals surface area contributed by atoms with E-state index < -0.39 is 11.7 Å². The number of carbonyl (C=O) groups is 1. The van der Waals surface area contributed by atoms with E-state index in [4.69, 9.17) is 9.47 Å². The summed E-state index contributed by atoms with van der Waals surface area (Å²) in [5, 5.41) is 3.33. The largest absolute Gasteiger partial charge is 0.489 e. The number of fused-ring (bicyclic) bond motifs is 1. The molecule has 26 heavy (non-hydrogen) atoms. The van der Waals surface area contributed by atoms with Crippen molar-refractivity contribution in [2.45, 2.75) is 33.3 Å². The molecule has 0 unspecified atom stereocenters. The van der Waals surface area contributed by atoms with Gasteiger partial charge in [0.2, 0.25) is 5.56 Å². The van der Waals surface area contributed by atoms with Crippen molar-refractivity contribution >= 4 is 17.0 Å². The van der Waals surface area contributed by atoms with Crippen LogP contribution in [0.4, 0.5) is 9.18 Å². The maximum atomic E-state index is 13.0. The van der Waals surface area contributed by atoms with Crippen LogP contribution in [-0.2, 0) is 4.74 Å². The van der Waals surface area contributed by atoms with E-state index in [9.17, 15) is 14.0 Å². The van der Waals surface area contributed by atoms with Crippen molar-refractivity contribution in [3.63, 3.8) is 0 Å². The lowest BCUT2D eigenvalue weighted by Crippen LogP contribution is -2.34. The predicted molar refractivity (Wildman–Crippen MR) is 98.2 cm³/mol. The fourth-order valence-electron chi connectivity index (χ4n) is 2.29. The molecule has 1 amide bonds. The number of H-pyrrole nitrogens is 1. The summed E-state index contributed by atoms with van der Waals surface area (Å²) in [5.41, 5.74) is 0.996. The standard InChI is InChI=1S/C19H23FN2O4/c1-12-7-17(23)22-16-6-5-14(8-15(12)16)25-11-13(9-20)10-21-18(24)26-19(2,3)4/h5-9H,10-11H2,1-4H3,(H,21,24)(H,22,23)/b13-9+. The molecule has 0 saturated heterocycles. The number of aromatic nitrogens is 1. The lowest BCUT2D eigenvalue weighted by molar-refractivity contribution is 0.0531. The van der Waals surface area contributed by atoms with E-state index in [0.29, 0.717) is 17.6 Å². The van der Waals surface area contributed by atoms with Crippen LogP contribution in [0.15, 0.2) is 41.0 Å². The minimum atomic E-state index is -0.623. The van der Waals surface area contributed by atoms with E-state index in [1.165, 1.54) is 6.07 Å². The summed E-state index contributed by atoms with van der Waals surface area (Å²) in [6.07, 6.45) is -0.219. The van der Waals surface area contributed by atoms with Gasteiger partial charge in [0, 0.05) is 29.1 Å². The Kier molecular flexibility index (Phi) is 6.02. The molecule has 0 radical (unpaired) electrons. The van der Waals surface area contributed by atoms with Gasteiger partial charge in [0.05, 0.1) is 6.33 Å². The van der Waals surface area contributed by atoms with Crippen LogP contribution in [0.3, 0.4) is 0 Å². The molecule has 6 nitrogen and oxygen atoms in total. The molecule has 0 spiro atoms. The third-order valence-electron chi connectivity index (χ3n) is 3.46. The molecular formula is C19H23FN2O4. The van der Waals surface area contributed by atoms with E-state index >= 15 is 0 Å². The van der Waals surface area contributed by atoms with Crippen molar-refractivity contribution in [2.75, 3.05) is 13.2 Å². The average Bonchev–Trinajstić information content (AvgIpc) is 2.53. The predicted octanol–water partition coefficient (Wildman–Crippen LogP) is 3.59. The fraction of sp³-hybridized carbons (Fsp3) is 0.368. The monoisotopic (exact) mass is 362 g/mol. The van der Waals surface area contributed by atoms with Crippen molar-refractivity contribution in [2.24, 2.45) is 0 Å². The molecular weight excluding hydrogens is 339 g/mol. The lowest BCUT2D eigenvalue weighted by atomic mass is 10.1. The molecule has 1 heterocycles. The Bertz CT molecular complexity index is 881. The second-order valence-corrected chi connectivity index (χ2v) is 6.94. The number of aryl methyl sites for hydroxylation is 1. The number of ether oxygens (including phenoxy) is 2. The van der Waals surface area contributed by atoms with Gasteiger partial charge in [-0.25, -0.2) is 9.18 Å². The van der Waals surface area contributed by atoms with Gasteiger partial charge in [0.15, 0.2) is 0 Å². The molecule has 1 aromatic carbocycles. The van der Waals surface area contributed by atoms with E-state index in [1.54, 1.807) is 39.0 Å². The number of nitrogens with one attached hydrogen (secondary N) is 2. The summed E-state index contributed by atoms with van der Waals surface area (Å²) in [7, 11) is 0. The number of carbonyl (C=O) groups excluding carboxylic acids is 1. The average molecular weight is 362 g/mol. The SMILES string of the molecule is Cc1cc(=O)[nH]c2ccc(OC/C(=C/F)CNC(=O)OC(C)(C)C)cc12. The normalized spacial score (nSPS) is 12.1. The molecule has 2 N–H and O–H groups in total. The Labute approximate surface area is 151 Å². The topological polar surface area (TPSA) is 80.4 Å². The Morgan fingerprint density at radius 1 is 1.31 bits per heavy atom. The molecule has 0 aliphatic rings. The first-order valence-corrected chi connectivity index (χ1v) is 8.19. The second kappa shape index (κ2) is 8.03. The maximum absolute atomic E-state index is 13.0. The molecule has 7 heteroatoms. The van der Waals surface area contributed by atoms with E-state index in [-0.39, 0.29) is 24.3 Å². The van der Waals surface area contributed by atoms with Gasteiger partial charge in [-0.2, -0.15) is 0 Å². The van der Waals surface area contributed by atoms with Crippen molar-refractivity contribution in [3.05, 3.63) is 52.1 Å². The minimum absolute atomic E-state index is 0.0225. The summed E-state index contributed by atoms with van der Waals surface area (Å²) in [6.45, 7) is 7.02. The number of aromatic amines is 1. The van der Waals surface area contributed by atoms with Crippen LogP contribution in [0.5, 0.6) is 5.75 Å². The molecule has 2 rings (SSSR count). The van der Waals surface area contributed by atoms with Crippen LogP contribution < -0.4 is 15.6 Å². The summed E-state index contributed by atoms with van der Waals surface area (Å²) in [6, 6.07) is 6.70. The first-order valence-electron chi connectivity index (χ1n) is 8.19. The molecule has 0 fully saturated rings. The van der Waals surface area contributed by atoms with Gasteiger partial charge in [0.25, 0.3) is 0 Å². The lowest BCUT2D eigenvalue weighted by Gasteiger charge is -2.20. The zero-order valence-corrected chi connectivity index (χ0v) is 15.3. The van der Waals surface area contributed by atoms with Crippen LogP contribution in [-0.4, -0.2) is 29.8 Å². The highest BCUT2D eigenvalue weighted by Crippen LogP contribution is 2.21. The minimum Gasteiger partial charge on any atom is -0.489 e. The number of hydrogen-bond acceptors (Lipinski definition) is 4. The maximum Gasteiger partial charge on any atom is 0.407 e. The Morgan fingerprint density at radius 2 is 2.04 bits per heavy atom. The van der Waals surface area contributed by atoms with Crippen LogP contribution >= 0.6 is 0 Å². The van der Waals surface area contributed by atoms with Crippen LogP contribution in [0.2, 0.25) is 0 Å². The third-order valence-corrected chi connectivity index (χ3v) is 3.46. The zero-order chi connectivity index (χ0) is 19.3. The van der Waals surface area contributed by atoms with Crippen LogP contribution in [0.1, 0.15) is 26.3 Å². The van der Waals surface area contributed by atoms with Crippen LogP contribution in [0.25, 0.3) is 10.9 Å².